The van der Waals surface area contributed by atoms with Crippen molar-refractivity contribution in [2.24, 2.45) is 0 Å². The number of hydrogen-bond acceptors (Lipinski definition) is 6. The van der Waals surface area contributed by atoms with Gasteiger partial charge in [-0.2, -0.15) is 5.26 Å². The minimum absolute atomic E-state index is 0.354. The number of hydrogen-bond donors (Lipinski definition) is 0. The Bertz CT molecular complexity index is 573. The van der Waals surface area contributed by atoms with Gasteiger partial charge in [0.15, 0.2) is 10.3 Å². The number of aryl methyl sites for hydroxylation is 2. The maximum Gasteiger partial charge on any atom is 0.196 e. The lowest BCUT2D eigenvalue weighted by molar-refractivity contribution is 0.895. The molecule has 0 unspecified atom stereocenters. The largest absolute Gasteiger partial charge is 0.230 e. The summed E-state index contributed by atoms with van der Waals surface area (Å²) >= 11 is 1.24. The van der Waals surface area contributed by atoms with Gasteiger partial charge in [-0.15, -0.1) is 0 Å². The Morgan fingerprint density at radius 2 is 1.82 bits per heavy atom. The van der Waals surface area contributed by atoms with Crippen molar-refractivity contribution in [2.75, 3.05) is 0 Å². The molecule has 0 radical (unpaired) electrons. The number of nitriles is 1. The summed E-state index contributed by atoms with van der Waals surface area (Å²) in [5.41, 5.74) is 2.11. The van der Waals surface area contributed by atoms with Crippen LogP contribution >= 0.6 is 11.8 Å². The fourth-order valence-corrected chi connectivity index (χ4v) is 1.87. The van der Waals surface area contributed by atoms with Gasteiger partial charge in [0, 0.05) is 18.1 Å². The lowest BCUT2D eigenvalue weighted by Gasteiger charge is -2.00. The summed E-state index contributed by atoms with van der Waals surface area (Å²) in [4.78, 5) is 16.6. The van der Waals surface area contributed by atoms with Gasteiger partial charge in [-0.25, -0.2) is 19.9 Å². The van der Waals surface area contributed by atoms with Crippen LogP contribution in [-0.4, -0.2) is 19.9 Å². The van der Waals surface area contributed by atoms with Gasteiger partial charge in [0.2, 0.25) is 0 Å². The monoisotopic (exact) mass is 243 g/mol. The lowest BCUT2D eigenvalue weighted by Crippen LogP contribution is -1.95. The molecule has 2 aromatic heterocycles. The van der Waals surface area contributed by atoms with E-state index in [1.807, 2.05) is 19.9 Å². The Morgan fingerprint density at radius 3 is 2.47 bits per heavy atom. The fraction of sp³-hybridized carbons (Fsp3) is 0.182. The van der Waals surface area contributed by atoms with Gasteiger partial charge in [-0.3, -0.25) is 0 Å². The predicted molar refractivity (Wildman–Crippen MR) is 62.4 cm³/mol. The molecule has 0 saturated carbocycles. The molecule has 0 atom stereocenters. The topological polar surface area (TPSA) is 75.3 Å². The third kappa shape index (κ3) is 2.98. The van der Waals surface area contributed by atoms with Crippen molar-refractivity contribution in [1.29, 1.82) is 5.26 Å². The summed E-state index contributed by atoms with van der Waals surface area (Å²) in [6.45, 7) is 3.74. The van der Waals surface area contributed by atoms with Crippen LogP contribution < -0.4 is 0 Å². The van der Waals surface area contributed by atoms with Crippen LogP contribution in [0.5, 0.6) is 0 Å². The quantitative estimate of drug-likeness (QED) is 0.750. The smallest absolute Gasteiger partial charge is 0.196 e. The Kier molecular flexibility index (Phi) is 3.30. The van der Waals surface area contributed by atoms with Crippen molar-refractivity contribution in [3.63, 3.8) is 0 Å². The van der Waals surface area contributed by atoms with Crippen LogP contribution in [0.15, 0.2) is 28.8 Å². The van der Waals surface area contributed by atoms with Crippen LogP contribution in [0.25, 0.3) is 0 Å². The summed E-state index contributed by atoms with van der Waals surface area (Å²) in [7, 11) is 0. The number of aromatic nitrogens is 4. The first-order chi connectivity index (χ1) is 8.17. The molecule has 0 aliphatic heterocycles. The molecule has 0 fully saturated rings. The van der Waals surface area contributed by atoms with Gasteiger partial charge < -0.3 is 0 Å². The maximum atomic E-state index is 8.81. The molecule has 0 aliphatic rings. The highest BCUT2D eigenvalue weighted by Crippen LogP contribution is 2.20. The van der Waals surface area contributed by atoms with Crippen LogP contribution in [0.2, 0.25) is 0 Å². The summed E-state index contributed by atoms with van der Waals surface area (Å²) in [5.74, 6) is 0. The van der Waals surface area contributed by atoms with E-state index in [4.69, 9.17) is 5.26 Å². The van der Waals surface area contributed by atoms with Gasteiger partial charge in [-0.05, 0) is 37.2 Å². The molecule has 6 heteroatoms. The Morgan fingerprint density at radius 1 is 1.12 bits per heavy atom. The van der Waals surface area contributed by atoms with E-state index in [9.17, 15) is 0 Å². The second-order valence-electron chi connectivity index (χ2n) is 3.43. The van der Waals surface area contributed by atoms with Crippen LogP contribution in [0.4, 0.5) is 0 Å². The molecular formula is C11H9N5S. The molecular weight excluding hydrogens is 234 g/mol. The van der Waals surface area contributed by atoms with Crippen molar-refractivity contribution in [2.45, 2.75) is 24.2 Å². The number of rotatable bonds is 2. The van der Waals surface area contributed by atoms with E-state index >= 15 is 0 Å². The third-order valence-corrected chi connectivity index (χ3v) is 2.65. The Labute approximate surface area is 103 Å². The van der Waals surface area contributed by atoms with Gasteiger partial charge >= 0.3 is 0 Å². The molecule has 2 heterocycles. The van der Waals surface area contributed by atoms with E-state index in [1.165, 1.54) is 11.8 Å². The molecule has 0 aromatic carbocycles. The average molecular weight is 243 g/mol. The zero-order valence-corrected chi connectivity index (χ0v) is 10.2. The van der Waals surface area contributed by atoms with Crippen LogP contribution in [-0.2, 0) is 0 Å². The predicted octanol–water partition coefficient (Wildman–Crippen LogP) is 1.91. The Hall–Kier alpha value is -2.00. The first-order valence-electron chi connectivity index (χ1n) is 4.89. The molecule has 5 nitrogen and oxygen atoms in total. The summed E-state index contributed by atoms with van der Waals surface area (Å²) in [5, 5.41) is 9.87. The lowest BCUT2D eigenvalue weighted by atomic mass is 10.4. The number of nitrogens with zero attached hydrogens (tertiary/aromatic N) is 5. The van der Waals surface area contributed by atoms with Crippen LogP contribution in [0.3, 0.4) is 0 Å². The van der Waals surface area contributed by atoms with E-state index in [2.05, 4.69) is 19.9 Å². The first-order valence-corrected chi connectivity index (χ1v) is 5.71. The van der Waals surface area contributed by atoms with E-state index in [1.54, 1.807) is 18.5 Å². The van der Waals surface area contributed by atoms with Crippen molar-refractivity contribution < 1.29 is 0 Å². The summed E-state index contributed by atoms with van der Waals surface area (Å²) in [6, 6.07) is 3.64. The van der Waals surface area contributed by atoms with Crippen molar-refractivity contribution in [3.8, 4) is 6.07 Å². The molecule has 0 amide bonds. The van der Waals surface area contributed by atoms with E-state index in [0.717, 1.165) is 11.3 Å². The Balaban J connectivity index is 2.27. The molecule has 0 bridgehead atoms. The van der Waals surface area contributed by atoms with Crippen molar-refractivity contribution >= 4 is 11.8 Å². The SMILES string of the molecule is Cc1cnc(Sc2nc(C)cc(C#N)n2)nc1. The highest BCUT2D eigenvalue weighted by Gasteiger charge is 2.06. The fourth-order valence-electron chi connectivity index (χ4n) is 1.16. The van der Waals surface area contributed by atoms with Gasteiger partial charge in [0.25, 0.3) is 0 Å². The first kappa shape index (κ1) is 11.5. The standard InChI is InChI=1S/C11H9N5S/c1-7-5-13-10(14-6-7)17-11-15-8(2)3-9(4-12)16-11/h3,5-6H,1-2H3. The van der Waals surface area contributed by atoms with Gasteiger partial charge in [-0.1, -0.05) is 0 Å². The van der Waals surface area contributed by atoms with E-state index in [0.29, 0.717) is 16.0 Å². The van der Waals surface area contributed by atoms with Gasteiger partial charge in [0.05, 0.1) is 0 Å². The van der Waals surface area contributed by atoms with Crippen molar-refractivity contribution in [3.05, 3.63) is 35.4 Å². The highest BCUT2D eigenvalue weighted by atomic mass is 32.2. The zero-order chi connectivity index (χ0) is 12.3. The minimum atomic E-state index is 0.354. The molecule has 0 N–H and O–H groups in total. The second-order valence-corrected chi connectivity index (χ2v) is 4.37. The van der Waals surface area contributed by atoms with Crippen LogP contribution in [0.1, 0.15) is 17.0 Å². The third-order valence-electron chi connectivity index (χ3n) is 1.89. The zero-order valence-electron chi connectivity index (χ0n) is 9.38. The highest BCUT2D eigenvalue weighted by molar-refractivity contribution is 7.99. The normalized spacial score (nSPS) is 9.94. The second kappa shape index (κ2) is 4.89. The summed E-state index contributed by atoms with van der Waals surface area (Å²) < 4.78 is 0. The van der Waals surface area contributed by atoms with Crippen LogP contribution in [0, 0.1) is 25.2 Å². The van der Waals surface area contributed by atoms with E-state index in [-0.39, 0.29) is 0 Å². The summed E-state index contributed by atoms with van der Waals surface area (Å²) in [6.07, 6.45) is 3.46. The van der Waals surface area contributed by atoms with Gasteiger partial charge in [0.1, 0.15) is 11.8 Å². The minimum Gasteiger partial charge on any atom is -0.230 e. The maximum absolute atomic E-state index is 8.81. The van der Waals surface area contributed by atoms with Crippen molar-refractivity contribution in [1.82, 2.24) is 19.9 Å². The average Bonchev–Trinajstić information content (AvgIpc) is 2.31. The molecule has 2 rings (SSSR count). The molecule has 17 heavy (non-hydrogen) atoms. The molecule has 0 aliphatic carbocycles. The molecule has 0 saturated heterocycles. The molecule has 0 spiro atoms. The van der Waals surface area contributed by atoms with E-state index < -0.39 is 0 Å². The molecule has 2 aromatic rings. The molecule has 84 valence electrons.